The Kier molecular flexibility index (Phi) is 5.13. The van der Waals surface area contributed by atoms with E-state index in [-0.39, 0.29) is 17.5 Å². The molecule has 0 radical (unpaired) electrons. The number of amides is 2. The third kappa shape index (κ3) is 3.87. The molecule has 0 aromatic carbocycles. The molecule has 0 aliphatic carbocycles. The highest BCUT2D eigenvalue weighted by atomic mass is 32.1. The second-order valence-corrected chi connectivity index (χ2v) is 6.77. The molecule has 8 nitrogen and oxygen atoms in total. The van der Waals surface area contributed by atoms with Crippen molar-refractivity contribution in [3.8, 4) is 0 Å². The first-order chi connectivity index (χ1) is 12.1. The van der Waals surface area contributed by atoms with Gasteiger partial charge in [-0.1, -0.05) is 17.4 Å². The first kappa shape index (κ1) is 17.2. The number of pyridine rings is 1. The van der Waals surface area contributed by atoms with Crippen molar-refractivity contribution in [1.82, 2.24) is 9.97 Å². The SMILES string of the molecule is CNc1nc(C(N)=O)c(NC(=O)C2CCCN(c3ccccn3)C2)s1. The molecule has 0 saturated carbocycles. The average molecular weight is 360 g/mol. The van der Waals surface area contributed by atoms with Crippen LogP contribution in [0.5, 0.6) is 0 Å². The Morgan fingerprint density at radius 2 is 2.24 bits per heavy atom. The highest BCUT2D eigenvalue weighted by Gasteiger charge is 2.28. The lowest BCUT2D eigenvalue weighted by atomic mass is 9.97. The van der Waals surface area contributed by atoms with Crippen molar-refractivity contribution in [2.45, 2.75) is 12.8 Å². The van der Waals surface area contributed by atoms with E-state index in [4.69, 9.17) is 5.73 Å². The molecule has 132 valence electrons. The van der Waals surface area contributed by atoms with Crippen molar-refractivity contribution in [2.75, 3.05) is 35.7 Å². The smallest absolute Gasteiger partial charge is 0.270 e. The van der Waals surface area contributed by atoms with Gasteiger partial charge in [-0.15, -0.1) is 0 Å². The van der Waals surface area contributed by atoms with Gasteiger partial charge < -0.3 is 21.3 Å². The number of aromatic nitrogens is 2. The molecule has 1 aliphatic rings. The predicted octanol–water partition coefficient (Wildman–Crippen LogP) is 1.53. The van der Waals surface area contributed by atoms with E-state index in [2.05, 4.69) is 25.5 Å². The molecule has 9 heteroatoms. The van der Waals surface area contributed by atoms with Crippen LogP contribution in [0.1, 0.15) is 23.3 Å². The van der Waals surface area contributed by atoms with Crippen molar-refractivity contribution < 1.29 is 9.59 Å². The molecule has 1 atom stereocenters. The van der Waals surface area contributed by atoms with Crippen LogP contribution in [-0.2, 0) is 4.79 Å². The van der Waals surface area contributed by atoms with E-state index in [1.54, 1.807) is 13.2 Å². The lowest BCUT2D eigenvalue weighted by Crippen LogP contribution is -2.41. The summed E-state index contributed by atoms with van der Waals surface area (Å²) in [5.41, 5.74) is 5.43. The molecule has 3 heterocycles. The van der Waals surface area contributed by atoms with E-state index < -0.39 is 5.91 Å². The lowest BCUT2D eigenvalue weighted by Gasteiger charge is -2.32. The molecule has 0 bridgehead atoms. The number of thiazole rings is 1. The first-order valence-electron chi connectivity index (χ1n) is 8.03. The largest absolute Gasteiger partial charge is 0.365 e. The van der Waals surface area contributed by atoms with Crippen LogP contribution in [0.3, 0.4) is 0 Å². The van der Waals surface area contributed by atoms with Crippen molar-refractivity contribution in [1.29, 1.82) is 0 Å². The van der Waals surface area contributed by atoms with Gasteiger partial charge >= 0.3 is 0 Å². The number of nitrogens with two attached hydrogens (primary N) is 1. The molecule has 1 aliphatic heterocycles. The molecule has 4 N–H and O–H groups in total. The zero-order chi connectivity index (χ0) is 17.8. The summed E-state index contributed by atoms with van der Waals surface area (Å²) < 4.78 is 0. The summed E-state index contributed by atoms with van der Waals surface area (Å²) in [6.45, 7) is 1.46. The van der Waals surface area contributed by atoms with E-state index in [9.17, 15) is 9.59 Å². The molecule has 2 aromatic rings. The summed E-state index contributed by atoms with van der Waals surface area (Å²) in [6, 6.07) is 5.74. The number of nitrogens with zero attached hydrogens (tertiary/aromatic N) is 3. The zero-order valence-electron chi connectivity index (χ0n) is 13.9. The van der Waals surface area contributed by atoms with Crippen LogP contribution in [0.4, 0.5) is 16.0 Å². The fourth-order valence-electron chi connectivity index (χ4n) is 2.83. The minimum atomic E-state index is -0.660. The van der Waals surface area contributed by atoms with Crippen LogP contribution >= 0.6 is 11.3 Å². The Labute approximate surface area is 149 Å². The number of carbonyl (C=O) groups is 2. The molecule has 0 spiro atoms. The topological polar surface area (TPSA) is 113 Å². The normalized spacial score (nSPS) is 17.2. The quantitative estimate of drug-likeness (QED) is 0.745. The van der Waals surface area contributed by atoms with E-state index in [1.165, 1.54) is 11.3 Å². The molecular formula is C16H20N6O2S. The third-order valence-electron chi connectivity index (χ3n) is 4.08. The van der Waals surface area contributed by atoms with Crippen LogP contribution in [0, 0.1) is 5.92 Å². The van der Waals surface area contributed by atoms with Crippen molar-refractivity contribution >= 4 is 39.1 Å². The van der Waals surface area contributed by atoms with Gasteiger partial charge in [0.05, 0.1) is 5.92 Å². The van der Waals surface area contributed by atoms with Crippen LogP contribution in [0.25, 0.3) is 0 Å². The van der Waals surface area contributed by atoms with Gasteiger partial charge in [-0.2, -0.15) is 0 Å². The summed E-state index contributed by atoms with van der Waals surface area (Å²) in [5.74, 6) is -0.106. The molecule has 2 aromatic heterocycles. The summed E-state index contributed by atoms with van der Waals surface area (Å²) >= 11 is 1.20. The number of carbonyl (C=O) groups excluding carboxylic acids is 2. The average Bonchev–Trinajstić information content (AvgIpc) is 3.06. The molecule has 2 amide bonds. The van der Waals surface area contributed by atoms with Crippen LogP contribution in [-0.4, -0.2) is 41.9 Å². The molecule has 25 heavy (non-hydrogen) atoms. The third-order valence-corrected chi connectivity index (χ3v) is 5.06. The Balaban J connectivity index is 1.71. The second kappa shape index (κ2) is 7.47. The van der Waals surface area contributed by atoms with Crippen molar-refractivity contribution in [3.63, 3.8) is 0 Å². The Morgan fingerprint density at radius 1 is 1.40 bits per heavy atom. The first-order valence-corrected chi connectivity index (χ1v) is 8.85. The fraction of sp³-hybridized carbons (Fsp3) is 0.375. The summed E-state index contributed by atoms with van der Waals surface area (Å²) in [4.78, 5) is 34.7. The van der Waals surface area contributed by atoms with E-state index in [0.717, 1.165) is 25.2 Å². The van der Waals surface area contributed by atoms with Crippen LogP contribution in [0.15, 0.2) is 24.4 Å². The highest BCUT2D eigenvalue weighted by Crippen LogP contribution is 2.29. The van der Waals surface area contributed by atoms with Crippen LogP contribution in [0.2, 0.25) is 0 Å². The summed E-state index contributed by atoms with van der Waals surface area (Å²) in [7, 11) is 1.70. The number of hydrogen-bond acceptors (Lipinski definition) is 7. The van der Waals surface area contributed by atoms with E-state index >= 15 is 0 Å². The van der Waals surface area contributed by atoms with Gasteiger partial charge in [0.1, 0.15) is 10.8 Å². The maximum atomic E-state index is 12.7. The van der Waals surface area contributed by atoms with E-state index in [1.807, 2.05) is 18.2 Å². The minimum Gasteiger partial charge on any atom is -0.365 e. The van der Waals surface area contributed by atoms with Gasteiger partial charge in [0.15, 0.2) is 10.8 Å². The number of rotatable bonds is 5. The standard InChI is InChI=1S/C16H20N6O2S/c1-18-16-20-12(13(17)23)15(25-16)21-14(24)10-5-4-8-22(9-10)11-6-2-3-7-19-11/h2-3,6-7,10H,4-5,8-9H2,1H3,(H2,17,23)(H,18,20)(H,21,24). The van der Waals surface area contributed by atoms with Crippen LogP contribution < -0.4 is 21.3 Å². The number of piperidine rings is 1. The van der Waals surface area contributed by atoms with Gasteiger partial charge in [0.25, 0.3) is 5.91 Å². The predicted molar refractivity (Wildman–Crippen MR) is 98.0 cm³/mol. The molecule has 3 rings (SSSR count). The monoisotopic (exact) mass is 360 g/mol. The number of primary amides is 1. The van der Waals surface area contributed by atoms with Gasteiger partial charge in [0, 0.05) is 26.3 Å². The fourth-order valence-corrected chi connectivity index (χ4v) is 3.66. The molecule has 1 fully saturated rings. The van der Waals surface area contributed by atoms with Crippen molar-refractivity contribution in [2.24, 2.45) is 11.7 Å². The Hall–Kier alpha value is -2.68. The van der Waals surface area contributed by atoms with Gasteiger partial charge in [-0.25, -0.2) is 9.97 Å². The zero-order valence-corrected chi connectivity index (χ0v) is 14.7. The molecule has 1 unspecified atom stereocenters. The summed E-state index contributed by atoms with van der Waals surface area (Å²) in [6.07, 6.45) is 3.44. The summed E-state index contributed by atoms with van der Waals surface area (Å²) in [5, 5.41) is 6.59. The number of anilines is 3. The Morgan fingerprint density at radius 3 is 2.92 bits per heavy atom. The second-order valence-electron chi connectivity index (χ2n) is 5.77. The molecule has 1 saturated heterocycles. The van der Waals surface area contributed by atoms with E-state index in [0.29, 0.717) is 16.7 Å². The highest BCUT2D eigenvalue weighted by molar-refractivity contribution is 7.20. The Bertz CT molecular complexity index is 763. The van der Waals surface area contributed by atoms with Gasteiger partial charge in [0.2, 0.25) is 5.91 Å². The lowest BCUT2D eigenvalue weighted by molar-refractivity contribution is -0.120. The molecular weight excluding hydrogens is 340 g/mol. The van der Waals surface area contributed by atoms with Gasteiger partial charge in [-0.3, -0.25) is 9.59 Å². The van der Waals surface area contributed by atoms with Crippen molar-refractivity contribution in [3.05, 3.63) is 30.1 Å². The number of nitrogens with one attached hydrogen (secondary N) is 2. The van der Waals surface area contributed by atoms with Gasteiger partial charge in [-0.05, 0) is 25.0 Å². The minimum absolute atomic E-state index is 0.0834. The maximum absolute atomic E-state index is 12.7. The maximum Gasteiger partial charge on any atom is 0.270 e. The number of hydrogen-bond donors (Lipinski definition) is 3.